The molecule has 3 rings (SSSR count). The molecular weight excluding hydrogens is 298 g/mol. The Balaban J connectivity index is 1.83. The van der Waals surface area contributed by atoms with E-state index in [9.17, 15) is 0 Å². The van der Waals surface area contributed by atoms with Crippen molar-refractivity contribution in [1.29, 1.82) is 0 Å². The molecule has 0 bridgehead atoms. The fraction of sp³-hybridized carbons (Fsp3) is 0.400. The summed E-state index contributed by atoms with van der Waals surface area (Å²) in [6.07, 6.45) is 0. The molecule has 2 aromatic carbocycles. The Bertz CT molecular complexity index is 699. The number of nitrogens with zero attached hydrogens (tertiary/aromatic N) is 2. The highest BCUT2D eigenvalue weighted by Gasteiger charge is 2.29. The van der Waals surface area contributed by atoms with Crippen molar-refractivity contribution in [3.05, 3.63) is 64.7 Å². The van der Waals surface area contributed by atoms with Gasteiger partial charge in [0.2, 0.25) is 0 Å². The lowest BCUT2D eigenvalue weighted by Crippen LogP contribution is -2.27. The van der Waals surface area contributed by atoms with Crippen LogP contribution in [0.25, 0.3) is 0 Å². The van der Waals surface area contributed by atoms with Gasteiger partial charge in [0.25, 0.3) is 0 Å². The third-order valence-electron chi connectivity index (χ3n) is 4.67. The molecular formula is C20H27N3O. The van der Waals surface area contributed by atoms with Crippen LogP contribution in [-0.2, 0) is 19.6 Å². The fourth-order valence-electron chi connectivity index (χ4n) is 3.58. The highest BCUT2D eigenvalue weighted by molar-refractivity contribution is 5.39. The van der Waals surface area contributed by atoms with Gasteiger partial charge in [-0.05, 0) is 36.9 Å². The molecule has 2 N–H and O–H groups in total. The van der Waals surface area contributed by atoms with Gasteiger partial charge < -0.3 is 15.4 Å². The van der Waals surface area contributed by atoms with E-state index >= 15 is 0 Å². The predicted octanol–water partition coefficient (Wildman–Crippen LogP) is 2.77. The van der Waals surface area contributed by atoms with E-state index in [1.54, 1.807) is 7.11 Å². The summed E-state index contributed by atoms with van der Waals surface area (Å²) in [5.74, 6) is 0.942. The topological polar surface area (TPSA) is 41.7 Å². The first kappa shape index (κ1) is 17.0. The Labute approximate surface area is 144 Å². The summed E-state index contributed by atoms with van der Waals surface area (Å²) in [5, 5.41) is 0. The maximum absolute atomic E-state index is 6.13. The smallest absolute Gasteiger partial charge is 0.123 e. The van der Waals surface area contributed by atoms with Crippen LogP contribution in [0.1, 0.15) is 28.3 Å². The molecule has 0 radical (unpaired) electrons. The molecule has 1 heterocycles. The van der Waals surface area contributed by atoms with Crippen LogP contribution in [0.15, 0.2) is 42.5 Å². The van der Waals surface area contributed by atoms with E-state index in [1.165, 1.54) is 22.3 Å². The van der Waals surface area contributed by atoms with E-state index in [1.807, 2.05) is 12.1 Å². The van der Waals surface area contributed by atoms with Crippen molar-refractivity contribution in [3.8, 4) is 5.75 Å². The number of nitrogens with two attached hydrogens (primary N) is 1. The summed E-state index contributed by atoms with van der Waals surface area (Å²) >= 11 is 0. The second-order valence-electron chi connectivity index (χ2n) is 6.74. The second kappa shape index (κ2) is 7.34. The van der Waals surface area contributed by atoms with Crippen molar-refractivity contribution in [3.63, 3.8) is 0 Å². The number of methoxy groups -OCH3 is 1. The van der Waals surface area contributed by atoms with Gasteiger partial charge in [0.15, 0.2) is 0 Å². The zero-order valence-electron chi connectivity index (χ0n) is 14.8. The van der Waals surface area contributed by atoms with Gasteiger partial charge in [-0.25, -0.2) is 0 Å². The number of ether oxygens (including phenoxy) is 1. The van der Waals surface area contributed by atoms with Gasteiger partial charge in [-0.2, -0.15) is 0 Å². The van der Waals surface area contributed by atoms with Crippen LogP contribution in [0.2, 0.25) is 0 Å². The maximum Gasteiger partial charge on any atom is 0.123 e. The maximum atomic E-state index is 6.13. The largest absolute Gasteiger partial charge is 0.496 e. The summed E-state index contributed by atoms with van der Waals surface area (Å²) in [7, 11) is 5.93. The molecule has 0 saturated heterocycles. The summed E-state index contributed by atoms with van der Waals surface area (Å²) in [6.45, 7) is 3.38. The third kappa shape index (κ3) is 3.46. The molecule has 1 aliphatic rings. The Kier molecular flexibility index (Phi) is 5.19. The first-order valence-electron chi connectivity index (χ1n) is 8.44. The van der Waals surface area contributed by atoms with E-state index in [0.717, 1.165) is 25.4 Å². The molecule has 0 spiro atoms. The molecule has 4 nitrogen and oxygen atoms in total. The van der Waals surface area contributed by atoms with E-state index in [0.29, 0.717) is 6.54 Å². The van der Waals surface area contributed by atoms with Crippen molar-refractivity contribution in [1.82, 2.24) is 9.80 Å². The third-order valence-corrected chi connectivity index (χ3v) is 4.67. The highest BCUT2D eigenvalue weighted by Crippen LogP contribution is 2.36. The molecule has 0 aromatic heterocycles. The first-order valence-corrected chi connectivity index (χ1v) is 8.44. The van der Waals surface area contributed by atoms with Crippen molar-refractivity contribution in [2.45, 2.75) is 25.7 Å². The van der Waals surface area contributed by atoms with Gasteiger partial charge >= 0.3 is 0 Å². The van der Waals surface area contributed by atoms with Crippen LogP contribution in [0.5, 0.6) is 5.75 Å². The van der Waals surface area contributed by atoms with Crippen LogP contribution in [-0.4, -0.2) is 37.5 Å². The minimum Gasteiger partial charge on any atom is -0.496 e. The Morgan fingerprint density at radius 1 is 1.21 bits per heavy atom. The lowest BCUT2D eigenvalue weighted by atomic mass is 10.0. The zero-order valence-corrected chi connectivity index (χ0v) is 14.8. The molecule has 1 aliphatic heterocycles. The number of benzene rings is 2. The molecule has 24 heavy (non-hydrogen) atoms. The summed E-state index contributed by atoms with van der Waals surface area (Å²) < 4.78 is 5.50. The highest BCUT2D eigenvalue weighted by atomic mass is 16.5. The van der Waals surface area contributed by atoms with Crippen molar-refractivity contribution in [2.24, 2.45) is 5.73 Å². The van der Waals surface area contributed by atoms with Crippen LogP contribution in [0.4, 0.5) is 0 Å². The van der Waals surface area contributed by atoms with Gasteiger partial charge in [0.1, 0.15) is 5.75 Å². The molecule has 1 atom stereocenters. The molecule has 4 heteroatoms. The minimum atomic E-state index is 0.270. The van der Waals surface area contributed by atoms with E-state index < -0.39 is 0 Å². The number of hydrogen-bond acceptors (Lipinski definition) is 4. The second-order valence-corrected chi connectivity index (χ2v) is 6.74. The minimum absolute atomic E-state index is 0.270. The number of rotatable bonds is 6. The Hall–Kier alpha value is -1.88. The normalized spacial score (nSPS) is 17.3. The summed E-state index contributed by atoms with van der Waals surface area (Å²) in [4.78, 5) is 4.64. The van der Waals surface area contributed by atoms with Gasteiger partial charge in [0, 0.05) is 37.8 Å². The lowest BCUT2D eigenvalue weighted by Gasteiger charge is -2.24. The zero-order chi connectivity index (χ0) is 17.1. The van der Waals surface area contributed by atoms with Crippen LogP contribution in [0.3, 0.4) is 0 Å². The van der Waals surface area contributed by atoms with E-state index in [4.69, 9.17) is 10.5 Å². The van der Waals surface area contributed by atoms with Crippen LogP contribution >= 0.6 is 0 Å². The fourth-order valence-corrected chi connectivity index (χ4v) is 3.58. The van der Waals surface area contributed by atoms with E-state index in [2.05, 4.69) is 54.2 Å². The van der Waals surface area contributed by atoms with Crippen molar-refractivity contribution in [2.75, 3.05) is 27.7 Å². The number of fused-ring (bicyclic) bond motifs is 1. The molecule has 0 aliphatic carbocycles. The first-order chi connectivity index (χ1) is 11.6. The molecule has 1 unspecified atom stereocenters. The van der Waals surface area contributed by atoms with Gasteiger partial charge in [0.05, 0.1) is 7.11 Å². The van der Waals surface area contributed by atoms with Crippen molar-refractivity contribution >= 4 is 0 Å². The molecule has 0 fully saturated rings. The number of hydrogen-bond donors (Lipinski definition) is 1. The van der Waals surface area contributed by atoms with Gasteiger partial charge in [-0.3, -0.25) is 4.90 Å². The molecule has 128 valence electrons. The predicted molar refractivity (Wildman–Crippen MR) is 97.9 cm³/mol. The summed E-state index contributed by atoms with van der Waals surface area (Å²) in [6, 6.07) is 15.3. The SMILES string of the molecule is COc1ccccc1CN1Cc2ccc(CN(C)C)cc2C1CN. The van der Waals surface area contributed by atoms with Gasteiger partial charge in [-0.1, -0.05) is 36.4 Å². The monoisotopic (exact) mass is 325 g/mol. The standard InChI is InChI=1S/C20H27N3O/c1-22(2)12-15-8-9-16-13-23(19(11-21)18(16)10-15)14-17-6-4-5-7-20(17)24-3/h4-10,19H,11-14,21H2,1-3H3. The van der Waals surface area contributed by atoms with E-state index in [-0.39, 0.29) is 6.04 Å². The Morgan fingerprint density at radius 3 is 2.71 bits per heavy atom. The van der Waals surface area contributed by atoms with Crippen molar-refractivity contribution < 1.29 is 4.74 Å². The molecule has 0 amide bonds. The average Bonchev–Trinajstić information content (AvgIpc) is 2.91. The quantitative estimate of drug-likeness (QED) is 0.887. The number of para-hydroxylation sites is 1. The molecule has 2 aromatic rings. The van der Waals surface area contributed by atoms with Crippen LogP contribution < -0.4 is 10.5 Å². The lowest BCUT2D eigenvalue weighted by molar-refractivity contribution is 0.208. The average molecular weight is 325 g/mol. The Morgan fingerprint density at radius 2 is 2.00 bits per heavy atom. The molecule has 0 saturated carbocycles. The van der Waals surface area contributed by atoms with Crippen LogP contribution in [0, 0.1) is 0 Å². The summed E-state index contributed by atoms with van der Waals surface area (Å²) in [5.41, 5.74) is 11.5. The van der Waals surface area contributed by atoms with Gasteiger partial charge in [-0.15, -0.1) is 0 Å².